The smallest absolute Gasteiger partial charge is 0.317 e. The highest BCUT2D eigenvalue weighted by Gasteiger charge is 2.29. The van der Waals surface area contributed by atoms with E-state index >= 15 is 0 Å². The average molecular weight is 238 g/mol. The summed E-state index contributed by atoms with van der Waals surface area (Å²) in [4.78, 5) is 12.7. The minimum absolute atomic E-state index is 0.0840. The van der Waals surface area contributed by atoms with Crippen LogP contribution in [0.4, 0.5) is 0 Å². The highest BCUT2D eigenvalue weighted by Crippen LogP contribution is 2.31. The Balaban J connectivity index is 2.06. The van der Waals surface area contributed by atoms with Gasteiger partial charge < -0.3 is 9.63 Å². The van der Waals surface area contributed by atoms with Gasteiger partial charge >= 0.3 is 5.97 Å². The number of aryl methyl sites for hydroxylation is 1. The molecule has 0 saturated carbocycles. The fourth-order valence-electron chi connectivity index (χ4n) is 2.37. The normalized spacial score (nSPS) is 20.9. The predicted molar refractivity (Wildman–Crippen MR) is 61.7 cm³/mol. The molecule has 2 heterocycles. The van der Waals surface area contributed by atoms with Gasteiger partial charge in [-0.25, -0.2) is 0 Å². The van der Waals surface area contributed by atoms with Crippen LogP contribution in [0.25, 0.3) is 0 Å². The van der Waals surface area contributed by atoms with E-state index < -0.39 is 5.97 Å². The van der Waals surface area contributed by atoms with Gasteiger partial charge in [0.25, 0.3) is 0 Å². The van der Waals surface area contributed by atoms with Gasteiger partial charge in [-0.2, -0.15) is 0 Å². The number of carboxylic acids is 1. The zero-order valence-electron chi connectivity index (χ0n) is 10.1. The van der Waals surface area contributed by atoms with Crippen LogP contribution in [-0.2, 0) is 11.2 Å². The van der Waals surface area contributed by atoms with Crippen molar-refractivity contribution in [2.45, 2.75) is 38.6 Å². The zero-order valence-corrected chi connectivity index (χ0v) is 10.1. The van der Waals surface area contributed by atoms with Gasteiger partial charge in [0.05, 0.1) is 12.6 Å². The van der Waals surface area contributed by atoms with E-state index in [2.05, 4.69) is 12.1 Å². The number of carbonyl (C=O) groups is 1. The van der Waals surface area contributed by atoms with Gasteiger partial charge in [0.1, 0.15) is 11.5 Å². The minimum Gasteiger partial charge on any atom is -0.480 e. The predicted octanol–water partition coefficient (Wildman–Crippen LogP) is 1.85. The molecule has 1 unspecified atom stereocenters. The number of hydrogen-bond acceptors (Lipinski definition) is 4. The second kappa shape index (κ2) is 5.31. The minimum atomic E-state index is -0.783. The number of rotatable bonds is 5. The molecule has 0 bridgehead atoms. The van der Waals surface area contributed by atoms with Gasteiger partial charge in [-0.15, -0.1) is 0 Å². The highest BCUT2D eigenvalue weighted by molar-refractivity contribution is 5.69. The van der Waals surface area contributed by atoms with E-state index in [0.717, 1.165) is 43.7 Å². The van der Waals surface area contributed by atoms with Crippen molar-refractivity contribution in [3.63, 3.8) is 0 Å². The molecule has 1 aromatic rings. The van der Waals surface area contributed by atoms with Crippen LogP contribution in [0.2, 0.25) is 0 Å². The average Bonchev–Trinajstić information content (AvgIpc) is 2.86. The Morgan fingerprint density at radius 1 is 1.71 bits per heavy atom. The molecule has 17 heavy (non-hydrogen) atoms. The van der Waals surface area contributed by atoms with Crippen LogP contribution in [0.15, 0.2) is 10.6 Å². The molecule has 0 radical (unpaired) electrons. The molecule has 0 aromatic carbocycles. The van der Waals surface area contributed by atoms with Gasteiger partial charge in [0.2, 0.25) is 0 Å². The van der Waals surface area contributed by atoms with Crippen LogP contribution in [0.5, 0.6) is 0 Å². The van der Waals surface area contributed by atoms with Crippen molar-refractivity contribution in [3.8, 4) is 0 Å². The summed E-state index contributed by atoms with van der Waals surface area (Å²) in [7, 11) is 0. The molecule has 0 aliphatic carbocycles. The molecular formula is C12H18N2O3. The second-order valence-electron chi connectivity index (χ2n) is 4.49. The Morgan fingerprint density at radius 2 is 2.53 bits per heavy atom. The number of hydrogen-bond donors (Lipinski definition) is 1. The summed E-state index contributed by atoms with van der Waals surface area (Å²) in [5.74, 6) is 0.110. The number of nitrogens with zero attached hydrogens (tertiary/aromatic N) is 2. The van der Waals surface area contributed by atoms with Crippen molar-refractivity contribution in [1.82, 2.24) is 10.1 Å². The lowest BCUT2D eigenvalue weighted by atomic mass is 10.1. The molecule has 5 heteroatoms. The fourth-order valence-corrected chi connectivity index (χ4v) is 2.37. The molecule has 1 aliphatic rings. The van der Waals surface area contributed by atoms with E-state index in [-0.39, 0.29) is 12.6 Å². The maximum Gasteiger partial charge on any atom is 0.317 e. The molecule has 1 aromatic heterocycles. The fraction of sp³-hybridized carbons (Fsp3) is 0.667. The molecule has 0 spiro atoms. The van der Waals surface area contributed by atoms with Crippen molar-refractivity contribution in [3.05, 3.63) is 17.5 Å². The van der Waals surface area contributed by atoms with Gasteiger partial charge in [0.15, 0.2) is 0 Å². The third kappa shape index (κ3) is 2.85. The third-order valence-corrected chi connectivity index (χ3v) is 3.12. The molecular weight excluding hydrogens is 220 g/mol. The van der Waals surface area contributed by atoms with E-state index in [1.54, 1.807) is 0 Å². The summed E-state index contributed by atoms with van der Waals surface area (Å²) >= 11 is 0. The largest absolute Gasteiger partial charge is 0.480 e. The first kappa shape index (κ1) is 12.1. The SMILES string of the molecule is CCCc1cc(C2CCCN2CC(=O)O)no1. The van der Waals surface area contributed by atoms with E-state index in [0.29, 0.717) is 0 Å². The topological polar surface area (TPSA) is 66.6 Å². The van der Waals surface area contributed by atoms with Crippen LogP contribution in [0, 0.1) is 0 Å². The molecule has 0 amide bonds. The maximum absolute atomic E-state index is 10.8. The summed E-state index contributed by atoms with van der Waals surface area (Å²) in [5.41, 5.74) is 0.882. The summed E-state index contributed by atoms with van der Waals surface area (Å²) in [6, 6.07) is 2.08. The number of aromatic nitrogens is 1. The highest BCUT2D eigenvalue weighted by atomic mass is 16.5. The van der Waals surface area contributed by atoms with Crippen LogP contribution in [0.3, 0.4) is 0 Å². The van der Waals surface area contributed by atoms with E-state index in [1.165, 1.54) is 0 Å². The molecule has 1 saturated heterocycles. The Morgan fingerprint density at radius 3 is 3.24 bits per heavy atom. The van der Waals surface area contributed by atoms with Gasteiger partial charge in [0, 0.05) is 12.5 Å². The standard InChI is InChI=1S/C12H18N2O3/c1-2-4-9-7-10(13-17-9)11-5-3-6-14(11)8-12(15)16/h7,11H,2-6,8H2,1H3,(H,15,16). The Kier molecular flexibility index (Phi) is 3.78. The summed E-state index contributed by atoms with van der Waals surface area (Å²) in [6.07, 6.45) is 3.90. The Hall–Kier alpha value is -1.36. The first-order chi connectivity index (χ1) is 8.20. The van der Waals surface area contributed by atoms with Crippen LogP contribution in [-0.4, -0.2) is 34.2 Å². The quantitative estimate of drug-likeness (QED) is 0.848. The Bertz CT molecular complexity index is 389. The summed E-state index contributed by atoms with van der Waals surface area (Å²) in [5, 5.41) is 12.9. The number of aliphatic carboxylic acids is 1. The number of likely N-dealkylation sites (tertiary alicyclic amines) is 1. The first-order valence-electron chi connectivity index (χ1n) is 6.12. The molecule has 1 fully saturated rings. The zero-order chi connectivity index (χ0) is 12.3. The second-order valence-corrected chi connectivity index (χ2v) is 4.49. The maximum atomic E-state index is 10.8. The lowest BCUT2D eigenvalue weighted by Gasteiger charge is -2.19. The van der Waals surface area contributed by atoms with Crippen molar-refractivity contribution in [2.75, 3.05) is 13.1 Å². The van der Waals surface area contributed by atoms with Crippen molar-refractivity contribution >= 4 is 5.97 Å². The molecule has 2 rings (SSSR count). The van der Waals surface area contributed by atoms with E-state index in [1.807, 2.05) is 11.0 Å². The molecule has 94 valence electrons. The first-order valence-corrected chi connectivity index (χ1v) is 6.12. The van der Waals surface area contributed by atoms with Gasteiger partial charge in [-0.1, -0.05) is 12.1 Å². The monoisotopic (exact) mass is 238 g/mol. The third-order valence-electron chi connectivity index (χ3n) is 3.12. The van der Waals surface area contributed by atoms with Crippen LogP contribution >= 0.6 is 0 Å². The van der Waals surface area contributed by atoms with Crippen molar-refractivity contribution in [2.24, 2.45) is 0 Å². The van der Waals surface area contributed by atoms with Gasteiger partial charge in [-0.05, 0) is 25.8 Å². The van der Waals surface area contributed by atoms with Crippen molar-refractivity contribution < 1.29 is 14.4 Å². The lowest BCUT2D eigenvalue weighted by molar-refractivity contribution is -0.138. The molecule has 1 aliphatic heterocycles. The van der Waals surface area contributed by atoms with E-state index in [4.69, 9.17) is 9.63 Å². The lowest BCUT2D eigenvalue weighted by Crippen LogP contribution is -2.29. The van der Waals surface area contributed by atoms with Crippen LogP contribution in [0.1, 0.15) is 43.7 Å². The summed E-state index contributed by atoms with van der Waals surface area (Å²) in [6.45, 7) is 3.00. The van der Waals surface area contributed by atoms with Crippen LogP contribution < -0.4 is 0 Å². The van der Waals surface area contributed by atoms with Gasteiger partial charge in [-0.3, -0.25) is 9.69 Å². The molecule has 1 atom stereocenters. The Labute approximate surface area is 100 Å². The van der Waals surface area contributed by atoms with Crippen molar-refractivity contribution in [1.29, 1.82) is 0 Å². The number of carboxylic acid groups (broad SMARTS) is 1. The molecule has 1 N–H and O–H groups in total. The molecule has 5 nitrogen and oxygen atoms in total. The van der Waals surface area contributed by atoms with E-state index in [9.17, 15) is 4.79 Å². The summed E-state index contributed by atoms with van der Waals surface area (Å²) < 4.78 is 5.25.